The number of carbonyl (C=O) groups excluding carboxylic acids is 2. The molecule has 0 radical (unpaired) electrons. The SMILES string of the molecule is CCC(CC)C(=O)N1CC(=O)CC1(C)C. The second kappa shape index (κ2) is 4.33. The number of carbonyl (C=O) groups is 2. The first-order valence-electron chi connectivity index (χ1n) is 5.75. The predicted octanol–water partition coefficient (Wildman–Crippen LogP) is 2.00. The Hall–Kier alpha value is -0.860. The topological polar surface area (TPSA) is 37.4 Å². The van der Waals surface area contributed by atoms with Crippen LogP contribution in [0.4, 0.5) is 0 Å². The molecule has 1 heterocycles. The lowest BCUT2D eigenvalue weighted by Gasteiger charge is -2.33. The van der Waals surface area contributed by atoms with E-state index < -0.39 is 0 Å². The smallest absolute Gasteiger partial charge is 0.226 e. The number of ketones is 1. The third kappa shape index (κ3) is 2.39. The van der Waals surface area contributed by atoms with Crippen LogP contribution in [0.15, 0.2) is 0 Å². The zero-order chi connectivity index (χ0) is 11.6. The summed E-state index contributed by atoms with van der Waals surface area (Å²) in [6, 6.07) is 0. The maximum absolute atomic E-state index is 12.1. The van der Waals surface area contributed by atoms with Gasteiger partial charge in [0.1, 0.15) is 0 Å². The van der Waals surface area contributed by atoms with Gasteiger partial charge in [0.05, 0.1) is 6.54 Å². The van der Waals surface area contributed by atoms with Gasteiger partial charge in [-0.1, -0.05) is 13.8 Å². The Morgan fingerprint density at radius 2 is 1.93 bits per heavy atom. The Labute approximate surface area is 91.8 Å². The highest BCUT2D eigenvalue weighted by Crippen LogP contribution is 2.28. The highest BCUT2D eigenvalue weighted by molar-refractivity contribution is 5.91. The van der Waals surface area contributed by atoms with E-state index in [2.05, 4.69) is 0 Å². The molecule has 1 rings (SSSR count). The molecule has 1 aliphatic rings. The van der Waals surface area contributed by atoms with Gasteiger partial charge in [-0.15, -0.1) is 0 Å². The Bertz CT molecular complexity index is 267. The van der Waals surface area contributed by atoms with E-state index in [-0.39, 0.29) is 23.1 Å². The molecule has 0 N–H and O–H groups in total. The van der Waals surface area contributed by atoms with Crippen LogP contribution in [-0.4, -0.2) is 28.7 Å². The van der Waals surface area contributed by atoms with Gasteiger partial charge in [0.2, 0.25) is 5.91 Å². The summed E-state index contributed by atoms with van der Waals surface area (Å²) in [4.78, 5) is 25.3. The number of hydrogen-bond acceptors (Lipinski definition) is 2. The first-order valence-corrected chi connectivity index (χ1v) is 5.75. The van der Waals surface area contributed by atoms with Crippen molar-refractivity contribution in [2.45, 2.75) is 52.5 Å². The molecule has 0 saturated carbocycles. The molecule has 3 nitrogen and oxygen atoms in total. The molecule has 0 unspecified atom stereocenters. The minimum atomic E-state index is -0.281. The number of hydrogen-bond donors (Lipinski definition) is 0. The van der Waals surface area contributed by atoms with E-state index in [0.29, 0.717) is 13.0 Å². The minimum absolute atomic E-state index is 0.0789. The molecule has 1 aliphatic heterocycles. The molecule has 0 bridgehead atoms. The first kappa shape index (κ1) is 12.2. The van der Waals surface area contributed by atoms with E-state index in [9.17, 15) is 9.59 Å². The van der Waals surface area contributed by atoms with Crippen molar-refractivity contribution >= 4 is 11.7 Å². The van der Waals surface area contributed by atoms with Gasteiger partial charge in [-0.25, -0.2) is 0 Å². The summed E-state index contributed by atoms with van der Waals surface area (Å²) in [5, 5.41) is 0. The molecule has 0 aliphatic carbocycles. The summed E-state index contributed by atoms with van der Waals surface area (Å²) in [6.45, 7) is 8.30. The molecule has 0 atom stereocenters. The molecule has 3 heteroatoms. The van der Waals surface area contributed by atoms with E-state index in [1.165, 1.54) is 0 Å². The van der Waals surface area contributed by atoms with Gasteiger partial charge in [-0.3, -0.25) is 9.59 Å². The largest absolute Gasteiger partial charge is 0.330 e. The maximum Gasteiger partial charge on any atom is 0.226 e. The van der Waals surface area contributed by atoms with Crippen LogP contribution >= 0.6 is 0 Å². The van der Waals surface area contributed by atoms with Crippen LogP contribution in [0.5, 0.6) is 0 Å². The average molecular weight is 211 g/mol. The molecule has 1 amide bonds. The molecular formula is C12H21NO2. The second-order valence-electron chi connectivity index (χ2n) is 4.97. The lowest BCUT2D eigenvalue weighted by Crippen LogP contribution is -2.45. The Kier molecular flexibility index (Phi) is 3.53. The van der Waals surface area contributed by atoms with Crippen molar-refractivity contribution in [1.29, 1.82) is 0 Å². The fraction of sp³-hybridized carbons (Fsp3) is 0.833. The van der Waals surface area contributed by atoms with Crippen molar-refractivity contribution in [2.24, 2.45) is 5.92 Å². The Morgan fingerprint density at radius 1 is 1.40 bits per heavy atom. The van der Waals surface area contributed by atoms with Crippen LogP contribution in [0.3, 0.4) is 0 Å². The van der Waals surface area contributed by atoms with Gasteiger partial charge in [0.25, 0.3) is 0 Å². The quantitative estimate of drug-likeness (QED) is 0.716. The summed E-state index contributed by atoms with van der Waals surface area (Å²) in [5.41, 5.74) is -0.281. The van der Waals surface area contributed by atoms with Gasteiger partial charge < -0.3 is 4.90 Å². The van der Waals surface area contributed by atoms with E-state index in [4.69, 9.17) is 0 Å². The molecule has 0 aromatic carbocycles. The van der Waals surface area contributed by atoms with Crippen molar-refractivity contribution in [3.05, 3.63) is 0 Å². The van der Waals surface area contributed by atoms with Gasteiger partial charge in [0, 0.05) is 17.9 Å². The number of likely N-dealkylation sites (tertiary alicyclic amines) is 1. The van der Waals surface area contributed by atoms with Crippen molar-refractivity contribution in [1.82, 2.24) is 4.90 Å². The van der Waals surface area contributed by atoms with Gasteiger partial charge >= 0.3 is 0 Å². The third-order valence-electron chi connectivity index (χ3n) is 3.30. The normalized spacial score (nSPS) is 20.1. The third-order valence-corrected chi connectivity index (χ3v) is 3.30. The van der Waals surface area contributed by atoms with E-state index in [1.807, 2.05) is 27.7 Å². The molecular weight excluding hydrogens is 190 g/mol. The van der Waals surface area contributed by atoms with Crippen LogP contribution in [0, 0.1) is 5.92 Å². The monoisotopic (exact) mass is 211 g/mol. The summed E-state index contributed by atoms with van der Waals surface area (Å²) < 4.78 is 0. The highest BCUT2D eigenvalue weighted by Gasteiger charge is 2.41. The van der Waals surface area contributed by atoms with Crippen molar-refractivity contribution in [3.63, 3.8) is 0 Å². The zero-order valence-electron chi connectivity index (χ0n) is 10.2. The lowest BCUT2D eigenvalue weighted by molar-refractivity contribution is -0.139. The molecule has 0 aromatic rings. The molecule has 1 saturated heterocycles. The van der Waals surface area contributed by atoms with Gasteiger partial charge in [-0.05, 0) is 26.7 Å². The number of Topliss-reactive ketones (excluding diaryl/α,β-unsaturated/α-hetero) is 1. The number of amides is 1. The lowest BCUT2D eigenvalue weighted by atomic mass is 9.97. The van der Waals surface area contributed by atoms with Crippen LogP contribution in [0.1, 0.15) is 47.0 Å². The highest BCUT2D eigenvalue weighted by atomic mass is 16.2. The van der Waals surface area contributed by atoms with E-state index in [1.54, 1.807) is 4.90 Å². The second-order valence-corrected chi connectivity index (χ2v) is 4.97. The first-order chi connectivity index (χ1) is 6.92. The summed E-state index contributed by atoms with van der Waals surface area (Å²) in [5.74, 6) is 0.408. The maximum atomic E-state index is 12.1. The molecule has 0 spiro atoms. The standard InChI is InChI=1S/C12H21NO2/c1-5-9(6-2)11(15)13-8-10(14)7-12(13,3)4/h9H,5-8H2,1-4H3. The van der Waals surface area contributed by atoms with Crippen LogP contribution in [0.25, 0.3) is 0 Å². The summed E-state index contributed by atoms with van der Waals surface area (Å²) >= 11 is 0. The molecule has 86 valence electrons. The number of rotatable bonds is 3. The molecule has 15 heavy (non-hydrogen) atoms. The van der Waals surface area contributed by atoms with Crippen LogP contribution < -0.4 is 0 Å². The zero-order valence-corrected chi connectivity index (χ0v) is 10.2. The van der Waals surface area contributed by atoms with Gasteiger partial charge in [0.15, 0.2) is 5.78 Å². The van der Waals surface area contributed by atoms with E-state index >= 15 is 0 Å². The average Bonchev–Trinajstić information content (AvgIpc) is 2.41. The van der Waals surface area contributed by atoms with Crippen LogP contribution in [-0.2, 0) is 9.59 Å². The predicted molar refractivity (Wildman–Crippen MR) is 59.5 cm³/mol. The minimum Gasteiger partial charge on any atom is -0.330 e. The van der Waals surface area contributed by atoms with Crippen molar-refractivity contribution in [2.75, 3.05) is 6.54 Å². The van der Waals surface area contributed by atoms with Crippen LogP contribution in [0.2, 0.25) is 0 Å². The fourth-order valence-electron chi connectivity index (χ4n) is 2.26. The summed E-state index contributed by atoms with van der Waals surface area (Å²) in [6.07, 6.45) is 2.21. The summed E-state index contributed by atoms with van der Waals surface area (Å²) in [7, 11) is 0. The van der Waals surface area contributed by atoms with Crippen molar-refractivity contribution in [3.8, 4) is 0 Å². The molecule has 0 aromatic heterocycles. The van der Waals surface area contributed by atoms with Crippen molar-refractivity contribution < 1.29 is 9.59 Å². The van der Waals surface area contributed by atoms with E-state index in [0.717, 1.165) is 12.8 Å². The van der Waals surface area contributed by atoms with Gasteiger partial charge in [-0.2, -0.15) is 0 Å². The Balaban J connectivity index is 2.79. The number of nitrogens with zero attached hydrogens (tertiary/aromatic N) is 1. The molecule has 1 fully saturated rings. The Morgan fingerprint density at radius 3 is 2.27 bits per heavy atom. The fourth-order valence-corrected chi connectivity index (χ4v) is 2.26.